The van der Waals surface area contributed by atoms with Crippen LogP contribution in [0.25, 0.3) is 10.4 Å². The maximum Gasteiger partial charge on any atom is 0.264 e. The first-order valence-corrected chi connectivity index (χ1v) is 14.7. The lowest BCUT2D eigenvalue weighted by molar-refractivity contribution is -0.332. The van der Waals surface area contributed by atoms with Crippen molar-refractivity contribution in [1.29, 1.82) is 0 Å². The van der Waals surface area contributed by atoms with Gasteiger partial charge in [0.05, 0.1) is 12.7 Å². The van der Waals surface area contributed by atoms with E-state index in [-0.39, 0.29) is 11.6 Å². The Morgan fingerprint density at radius 3 is 1.97 bits per heavy atom. The second-order valence-electron chi connectivity index (χ2n) is 10.7. The maximum absolute atomic E-state index is 11.5. The summed E-state index contributed by atoms with van der Waals surface area (Å²) in [5.41, 5.74) is 10.3. The molecule has 9 heteroatoms. The number of fused-ring (bicyclic) bond motifs is 1. The van der Waals surface area contributed by atoms with Gasteiger partial charge in [-0.2, -0.15) is 0 Å². The third-order valence-electron chi connectivity index (χ3n) is 7.30. The van der Waals surface area contributed by atoms with Crippen molar-refractivity contribution in [1.82, 2.24) is 0 Å². The average molecular weight is 532 g/mol. The Balaban J connectivity index is 1.53. The molecule has 2 aliphatic rings. The second kappa shape index (κ2) is 11.0. The Hall–Kier alpha value is -3.01. The number of benzene rings is 3. The van der Waals surface area contributed by atoms with Gasteiger partial charge in [0.25, 0.3) is 8.32 Å². The number of aliphatic hydroxyl groups is 1. The molecule has 2 fully saturated rings. The van der Waals surface area contributed by atoms with E-state index in [1.54, 1.807) is 0 Å². The quantitative estimate of drug-likeness (QED) is 0.219. The van der Waals surface area contributed by atoms with Crippen LogP contribution in [0.2, 0.25) is 5.04 Å². The molecule has 0 unspecified atom stereocenters. The van der Waals surface area contributed by atoms with Gasteiger partial charge in [-0.3, -0.25) is 0 Å². The van der Waals surface area contributed by atoms with E-state index in [4.69, 9.17) is 18.6 Å². The standard InChI is InChI=1S/C29H33N3O5Si/c1-29(2,3)38(21-15-9-5-10-16-21,22-17-11-6-12-18-22)37-28-24(31-32-30)25(33)26-23(35-28)19-34-27(36-26)20-13-7-4-8-14-20/h4-18,23-28,33H,19H2,1-3H3/t23-,24-,25-,26+,27-,28+/m1/s1. The molecular formula is C29H33N3O5Si. The van der Waals surface area contributed by atoms with E-state index in [0.29, 0.717) is 0 Å². The summed E-state index contributed by atoms with van der Waals surface area (Å²) in [6.07, 6.45) is -4.16. The van der Waals surface area contributed by atoms with Crippen molar-refractivity contribution in [3.8, 4) is 0 Å². The van der Waals surface area contributed by atoms with Crippen LogP contribution in [0.5, 0.6) is 0 Å². The highest BCUT2D eigenvalue weighted by molar-refractivity contribution is 6.99. The van der Waals surface area contributed by atoms with Gasteiger partial charge >= 0.3 is 0 Å². The molecule has 3 aromatic rings. The summed E-state index contributed by atoms with van der Waals surface area (Å²) in [7, 11) is -3.06. The third-order valence-corrected chi connectivity index (χ3v) is 12.3. The van der Waals surface area contributed by atoms with Gasteiger partial charge in [-0.25, -0.2) is 0 Å². The van der Waals surface area contributed by atoms with Crippen molar-refractivity contribution in [2.45, 2.75) is 62.7 Å². The molecule has 2 aliphatic heterocycles. The van der Waals surface area contributed by atoms with Crippen LogP contribution < -0.4 is 10.4 Å². The van der Waals surface area contributed by atoms with E-state index in [9.17, 15) is 10.6 Å². The number of nitrogens with zero attached hydrogens (tertiary/aromatic N) is 3. The number of ether oxygens (including phenoxy) is 3. The molecule has 8 nitrogen and oxygen atoms in total. The molecule has 5 rings (SSSR count). The van der Waals surface area contributed by atoms with Gasteiger partial charge in [0.2, 0.25) is 0 Å². The van der Waals surface area contributed by atoms with E-state index in [2.05, 4.69) is 55.1 Å². The monoisotopic (exact) mass is 531 g/mol. The summed E-state index contributed by atoms with van der Waals surface area (Å²) < 4.78 is 25.7. The molecule has 2 saturated heterocycles. The Morgan fingerprint density at radius 2 is 1.45 bits per heavy atom. The van der Waals surface area contributed by atoms with Gasteiger partial charge in [-0.15, -0.1) is 0 Å². The second-order valence-corrected chi connectivity index (χ2v) is 14.9. The lowest BCUT2D eigenvalue weighted by Crippen LogP contribution is -2.71. The molecule has 0 aliphatic carbocycles. The molecule has 2 heterocycles. The molecular weight excluding hydrogens is 498 g/mol. The zero-order valence-corrected chi connectivity index (χ0v) is 22.8. The topological polar surface area (TPSA) is 106 Å². The normalized spacial score (nSPS) is 27.7. The molecule has 0 amide bonds. The fourth-order valence-corrected chi connectivity index (χ4v) is 10.1. The zero-order valence-electron chi connectivity index (χ0n) is 21.8. The number of hydrogen-bond donors (Lipinski definition) is 1. The Bertz CT molecular complexity index is 1210. The molecule has 198 valence electrons. The van der Waals surface area contributed by atoms with E-state index >= 15 is 0 Å². The summed E-state index contributed by atoms with van der Waals surface area (Å²) in [6, 6.07) is 28.8. The van der Waals surface area contributed by atoms with Crippen LogP contribution in [-0.4, -0.2) is 50.7 Å². The lowest BCUT2D eigenvalue weighted by Gasteiger charge is -2.51. The fraction of sp³-hybridized carbons (Fsp3) is 0.379. The summed E-state index contributed by atoms with van der Waals surface area (Å²) in [5.74, 6) is 0. The molecule has 0 radical (unpaired) electrons. The van der Waals surface area contributed by atoms with Gasteiger partial charge in [-0.1, -0.05) is 117 Å². The number of azide groups is 1. The minimum absolute atomic E-state index is 0.199. The van der Waals surface area contributed by atoms with Crippen LogP contribution in [0.3, 0.4) is 0 Å². The molecule has 0 spiro atoms. The maximum atomic E-state index is 11.5. The van der Waals surface area contributed by atoms with Crippen LogP contribution >= 0.6 is 0 Å². The molecule has 6 atom stereocenters. The first-order chi connectivity index (χ1) is 18.3. The summed E-state index contributed by atoms with van der Waals surface area (Å²) in [4.78, 5) is 3.05. The predicted octanol–water partition coefficient (Wildman–Crippen LogP) is 4.44. The molecule has 0 saturated carbocycles. The minimum Gasteiger partial charge on any atom is -0.390 e. The summed E-state index contributed by atoms with van der Waals surface area (Å²) in [6.45, 7) is 6.66. The van der Waals surface area contributed by atoms with Crippen LogP contribution in [0.1, 0.15) is 32.6 Å². The number of aliphatic hydroxyl groups excluding tert-OH is 1. The van der Waals surface area contributed by atoms with E-state index in [1.165, 1.54) is 0 Å². The number of hydrogen-bond acceptors (Lipinski definition) is 6. The van der Waals surface area contributed by atoms with E-state index in [0.717, 1.165) is 15.9 Å². The van der Waals surface area contributed by atoms with Crippen molar-refractivity contribution in [2.75, 3.05) is 6.61 Å². The minimum atomic E-state index is -3.06. The molecule has 0 aromatic heterocycles. The SMILES string of the molecule is CC(C)(C)[Si](O[C@@H]1O[C@@H]2CO[C@@H](c3ccccc3)O[C@@H]2[C@H](O)[C@H]1N=[N+]=[N-])(c1ccccc1)c1ccccc1. The van der Waals surface area contributed by atoms with Gasteiger partial charge in [0.15, 0.2) is 12.6 Å². The highest BCUT2D eigenvalue weighted by Crippen LogP contribution is 2.41. The Labute approximate surface area is 223 Å². The van der Waals surface area contributed by atoms with Crippen LogP contribution in [0, 0.1) is 0 Å². The van der Waals surface area contributed by atoms with E-state index < -0.39 is 45.3 Å². The largest absolute Gasteiger partial charge is 0.390 e. The lowest BCUT2D eigenvalue weighted by atomic mass is 9.96. The first-order valence-electron chi connectivity index (χ1n) is 12.8. The van der Waals surface area contributed by atoms with Gasteiger partial charge < -0.3 is 23.7 Å². The zero-order chi connectivity index (χ0) is 26.8. The Kier molecular flexibility index (Phi) is 7.70. The Morgan fingerprint density at radius 1 is 0.895 bits per heavy atom. The smallest absolute Gasteiger partial charge is 0.264 e. The van der Waals surface area contributed by atoms with Crippen LogP contribution in [-0.2, 0) is 18.6 Å². The molecule has 3 aromatic carbocycles. The molecule has 0 bridgehead atoms. The summed E-state index contributed by atoms with van der Waals surface area (Å²) >= 11 is 0. The number of rotatable bonds is 6. The van der Waals surface area contributed by atoms with Gasteiger partial charge in [0.1, 0.15) is 18.2 Å². The fourth-order valence-electron chi connectivity index (χ4n) is 5.50. The summed E-state index contributed by atoms with van der Waals surface area (Å²) in [5, 5.41) is 17.2. The van der Waals surface area contributed by atoms with Crippen molar-refractivity contribution in [3.05, 3.63) is 107 Å². The van der Waals surface area contributed by atoms with Crippen LogP contribution in [0.4, 0.5) is 0 Å². The van der Waals surface area contributed by atoms with E-state index in [1.807, 2.05) is 66.7 Å². The average Bonchev–Trinajstić information content (AvgIpc) is 2.94. The first kappa shape index (κ1) is 26.6. The van der Waals surface area contributed by atoms with Crippen molar-refractivity contribution in [3.63, 3.8) is 0 Å². The predicted molar refractivity (Wildman–Crippen MR) is 146 cm³/mol. The van der Waals surface area contributed by atoms with Crippen molar-refractivity contribution < 1.29 is 23.7 Å². The van der Waals surface area contributed by atoms with Crippen molar-refractivity contribution >= 4 is 18.7 Å². The van der Waals surface area contributed by atoms with Gasteiger partial charge in [-0.05, 0) is 20.9 Å². The van der Waals surface area contributed by atoms with Crippen LogP contribution in [0.15, 0.2) is 96.1 Å². The third kappa shape index (κ3) is 4.90. The highest BCUT2D eigenvalue weighted by atomic mass is 28.4. The molecule has 1 N–H and O–H groups in total. The van der Waals surface area contributed by atoms with Gasteiger partial charge in [0, 0.05) is 10.5 Å². The molecule has 38 heavy (non-hydrogen) atoms. The highest BCUT2D eigenvalue weighted by Gasteiger charge is 2.56. The van der Waals surface area contributed by atoms with Crippen molar-refractivity contribution in [2.24, 2.45) is 5.11 Å².